The van der Waals surface area contributed by atoms with Crippen LogP contribution in [0.2, 0.25) is 0 Å². The molecule has 0 aliphatic carbocycles. The van der Waals surface area contributed by atoms with Crippen LogP contribution in [0.1, 0.15) is 37.3 Å². The first-order chi connectivity index (χ1) is 13.0. The van der Waals surface area contributed by atoms with Crippen LogP contribution in [0.3, 0.4) is 0 Å². The lowest BCUT2D eigenvalue weighted by Gasteiger charge is -2.35. The standard InChI is InChI=1S/C21H31N3O3/c1-22-11-8-15-9-12-24(13-10-15)21(26)18-14-19(25)23(2)20(18)16-4-6-17(27-3)7-5-16/h4-7,15,18,20,22H,8-14H2,1-3H3. The summed E-state index contributed by atoms with van der Waals surface area (Å²) in [5.74, 6) is 1.33. The average Bonchev–Trinajstić information content (AvgIpc) is 3.01. The highest BCUT2D eigenvalue weighted by molar-refractivity contribution is 5.90. The van der Waals surface area contributed by atoms with Gasteiger partial charge in [0.15, 0.2) is 0 Å². The fraction of sp³-hybridized carbons (Fsp3) is 0.619. The third-order valence-corrected chi connectivity index (χ3v) is 6.09. The molecule has 0 spiro atoms. The van der Waals surface area contributed by atoms with Gasteiger partial charge in [-0.05, 0) is 56.5 Å². The van der Waals surface area contributed by atoms with Crippen LogP contribution < -0.4 is 10.1 Å². The molecule has 2 fully saturated rings. The molecule has 2 unspecified atom stereocenters. The number of methoxy groups -OCH3 is 1. The molecule has 1 aromatic carbocycles. The molecule has 6 heteroatoms. The molecule has 0 radical (unpaired) electrons. The lowest BCUT2D eigenvalue weighted by Crippen LogP contribution is -2.43. The van der Waals surface area contributed by atoms with E-state index in [1.807, 2.05) is 36.2 Å². The third-order valence-electron chi connectivity index (χ3n) is 6.09. The second-order valence-corrected chi connectivity index (χ2v) is 7.69. The normalized spacial score (nSPS) is 23.7. The summed E-state index contributed by atoms with van der Waals surface area (Å²) < 4.78 is 5.23. The Balaban J connectivity index is 1.69. The summed E-state index contributed by atoms with van der Waals surface area (Å²) >= 11 is 0. The number of carbonyl (C=O) groups excluding carboxylic acids is 2. The topological polar surface area (TPSA) is 61.9 Å². The number of ether oxygens (including phenoxy) is 1. The molecule has 3 rings (SSSR count). The predicted octanol–water partition coefficient (Wildman–Crippen LogP) is 2.06. The summed E-state index contributed by atoms with van der Waals surface area (Å²) in [6, 6.07) is 7.51. The van der Waals surface area contributed by atoms with Crippen LogP contribution in [0.15, 0.2) is 24.3 Å². The molecule has 2 heterocycles. The predicted molar refractivity (Wildman–Crippen MR) is 104 cm³/mol. The lowest BCUT2D eigenvalue weighted by atomic mass is 9.89. The molecule has 6 nitrogen and oxygen atoms in total. The molecule has 2 atom stereocenters. The average molecular weight is 373 g/mol. The Bertz CT molecular complexity index is 653. The number of rotatable bonds is 6. The maximum Gasteiger partial charge on any atom is 0.228 e. The summed E-state index contributed by atoms with van der Waals surface area (Å²) in [6.07, 6.45) is 3.57. The van der Waals surface area contributed by atoms with Crippen molar-refractivity contribution in [2.24, 2.45) is 11.8 Å². The van der Waals surface area contributed by atoms with Crippen LogP contribution in [0.5, 0.6) is 5.75 Å². The van der Waals surface area contributed by atoms with Crippen molar-refractivity contribution in [2.45, 2.75) is 31.7 Å². The van der Waals surface area contributed by atoms with Crippen molar-refractivity contribution < 1.29 is 14.3 Å². The van der Waals surface area contributed by atoms with Crippen LogP contribution in [0.4, 0.5) is 0 Å². The van der Waals surface area contributed by atoms with Gasteiger partial charge in [-0.3, -0.25) is 9.59 Å². The maximum atomic E-state index is 13.2. The van der Waals surface area contributed by atoms with Crippen molar-refractivity contribution >= 4 is 11.8 Å². The molecule has 0 saturated carbocycles. The Labute approximate surface area is 161 Å². The number of benzene rings is 1. The van der Waals surface area contributed by atoms with Gasteiger partial charge in [0, 0.05) is 26.6 Å². The first-order valence-electron chi connectivity index (χ1n) is 9.88. The molecular formula is C21H31N3O3. The van der Waals surface area contributed by atoms with Crippen molar-refractivity contribution in [3.05, 3.63) is 29.8 Å². The van der Waals surface area contributed by atoms with Crippen molar-refractivity contribution in [2.75, 3.05) is 40.8 Å². The number of piperidine rings is 1. The van der Waals surface area contributed by atoms with Gasteiger partial charge < -0.3 is 19.9 Å². The van der Waals surface area contributed by atoms with E-state index >= 15 is 0 Å². The Morgan fingerprint density at radius 1 is 1.22 bits per heavy atom. The monoisotopic (exact) mass is 373 g/mol. The van der Waals surface area contributed by atoms with Gasteiger partial charge >= 0.3 is 0 Å². The fourth-order valence-electron chi connectivity index (χ4n) is 4.37. The van der Waals surface area contributed by atoms with E-state index in [1.54, 1.807) is 19.1 Å². The highest BCUT2D eigenvalue weighted by Crippen LogP contribution is 2.39. The molecule has 2 aliphatic heterocycles. The van der Waals surface area contributed by atoms with Crippen molar-refractivity contribution in [3.63, 3.8) is 0 Å². The number of likely N-dealkylation sites (tertiary alicyclic amines) is 2. The highest BCUT2D eigenvalue weighted by Gasteiger charge is 2.44. The van der Waals surface area contributed by atoms with Crippen molar-refractivity contribution in [1.29, 1.82) is 0 Å². The van der Waals surface area contributed by atoms with E-state index in [0.29, 0.717) is 12.3 Å². The number of carbonyl (C=O) groups is 2. The largest absolute Gasteiger partial charge is 0.497 e. The summed E-state index contributed by atoms with van der Waals surface area (Å²) in [7, 11) is 5.41. The molecule has 2 aliphatic rings. The number of nitrogens with one attached hydrogen (secondary N) is 1. The summed E-state index contributed by atoms with van der Waals surface area (Å²) in [4.78, 5) is 29.3. The van der Waals surface area contributed by atoms with E-state index in [-0.39, 0.29) is 23.8 Å². The molecule has 0 bridgehead atoms. The minimum Gasteiger partial charge on any atom is -0.497 e. The van der Waals surface area contributed by atoms with Crippen LogP contribution >= 0.6 is 0 Å². The number of amides is 2. The highest BCUT2D eigenvalue weighted by atomic mass is 16.5. The zero-order valence-corrected chi connectivity index (χ0v) is 16.6. The molecular weight excluding hydrogens is 342 g/mol. The van der Waals surface area contributed by atoms with Gasteiger partial charge in [0.1, 0.15) is 5.75 Å². The second kappa shape index (κ2) is 8.74. The van der Waals surface area contributed by atoms with Gasteiger partial charge in [0.05, 0.1) is 19.1 Å². The van der Waals surface area contributed by atoms with Gasteiger partial charge in [0.25, 0.3) is 0 Å². The Kier molecular flexibility index (Phi) is 6.37. The fourth-order valence-corrected chi connectivity index (χ4v) is 4.37. The zero-order chi connectivity index (χ0) is 19.4. The van der Waals surface area contributed by atoms with Crippen LogP contribution in [0.25, 0.3) is 0 Å². The number of hydrogen-bond donors (Lipinski definition) is 1. The summed E-state index contributed by atoms with van der Waals surface area (Å²) in [5, 5.41) is 3.20. The van der Waals surface area contributed by atoms with Crippen LogP contribution in [0, 0.1) is 11.8 Å². The molecule has 148 valence electrons. The van der Waals surface area contributed by atoms with Crippen molar-refractivity contribution in [1.82, 2.24) is 15.1 Å². The maximum absolute atomic E-state index is 13.2. The summed E-state index contributed by atoms with van der Waals surface area (Å²) in [5.41, 5.74) is 0.992. The van der Waals surface area contributed by atoms with E-state index < -0.39 is 0 Å². The minimum absolute atomic E-state index is 0.0399. The second-order valence-electron chi connectivity index (χ2n) is 7.69. The Morgan fingerprint density at radius 2 is 1.89 bits per heavy atom. The van der Waals surface area contributed by atoms with Crippen molar-refractivity contribution in [3.8, 4) is 5.75 Å². The molecule has 27 heavy (non-hydrogen) atoms. The van der Waals surface area contributed by atoms with E-state index in [9.17, 15) is 9.59 Å². The lowest BCUT2D eigenvalue weighted by molar-refractivity contribution is -0.138. The van der Waals surface area contributed by atoms with Gasteiger partial charge in [-0.1, -0.05) is 12.1 Å². The number of hydrogen-bond acceptors (Lipinski definition) is 4. The van der Waals surface area contributed by atoms with Gasteiger partial charge in [-0.2, -0.15) is 0 Å². The quantitative estimate of drug-likeness (QED) is 0.829. The van der Waals surface area contributed by atoms with E-state index in [0.717, 1.165) is 50.2 Å². The third kappa shape index (κ3) is 4.26. The Morgan fingerprint density at radius 3 is 2.48 bits per heavy atom. The number of nitrogens with zero attached hydrogens (tertiary/aromatic N) is 2. The van der Waals surface area contributed by atoms with Gasteiger partial charge in [0.2, 0.25) is 11.8 Å². The molecule has 1 aromatic rings. The van der Waals surface area contributed by atoms with Crippen LogP contribution in [-0.2, 0) is 9.59 Å². The zero-order valence-electron chi connectivity index (χ0n) is 16.6. The van der Waals surface area contributed by atoms with Gasteiger partial charge in [-0.25, -0.2) is 0 Å². The van der Waals surface area contributed by atoms with E-state index in [4.69, 9.17) is 4.74 Å². The first kappa shape index (κ1) is 19.7. The van der Waals surface area contributed by atoms with Gasteiger partial charge in [-0.15, -0.1) is 0 Å². The molecule has 2 amide bonds. The first-order valence-corrected chi connectivity index (χ1v) is 9.88. The molecule has 1 N–H and O–H groups in total. The SMILES string of the molecule is CNCCC1CCN(C(=O)C2CC(=O)N(C)C2c2ccc(OC)cc2)CC1. The molecule has 0 aromatic heterocycles. The minimum atomic E-state index is -0.301. The Hall–Kier alpha value is -2.08. The van der Waals surface area contributed by atoms with Crippen LogP contribution in [-0.4, -0.2) is 62.5 Å². The summed E-state index contributed by atoms with van der Waals surface area (Å²) in [6.45, 7) is 2.63. The molecule has 2 saturated heterocycles. The van der Waals surface area contributed by atoms with E-state index in [1.165, 1.54) is 0 Å². The smallest absolute Gasteiger partial charge is 0.228 e. The van der Waals surface area contributed by atoms with E-state index in [2.05, 4.69) is 5.32 Å².